The summed E-state index contributed by atoms with van der Waals surface area (Å²) in [6, 6.07) is 17.4. The Morgan fingerprint density at radius 1 is 1.00 bits per heavy atom. The predicted octanol–water partition coefficient (Wildman–Crippen LogP) is 3.92. The number of nitrogens with zero attached hydrogens (tertiary/aromatic N) is 2. The highest BCUT2D eigenvalue weighted by Crippen LogP contribution is 2.26. The van der Waals surface area contributed by atoms with Gasteiger partial charge in [0.15, 0.2) is 5.92 Å². The molecule has 0 spiro atoms. The molecular weight excluding hydrogens is 314 g/mol. The number of hydrogen-bond acceptors (Lipinski definition) is 4. The van der Waals surface area contributed by atoms with Gasteiger partial charge in [-0.15, -0.1) is 0 Å². The Bertz CT molecular complexity index is 773. The van der Waals surface area contributed by atoms with E-state index in [-0.39, 0.29) is 0 Å². The molecule has 0 fully saturated rings. The van der Waals surface area contributed by atoms with Gasteiger partial charge in [0.05, 0.1) is 18.1 Å². The SMILES string of the molecule is N#CC(C(=O)O)C(C#N)c1ccc(Nc2ccc(Cl)cc2)cc1. The van der Waals surface area contributed by atoms with E-state index in [9.17, 15) is 4.79 Å². The van der Waals surface area contributed by atoms with Crippen LogP contribution in [0.25, 0.3) is 0 Å². The molecule has 0 amide bonds. The molecule has 0 aliphatic carbocycles. The fourth-order valence-corrected chi connectivity index (χ4v) is 2.21. The van der Waals surface area contributed by atoms with Crippen LogP contribution in [0.5, 0.6) is 0 Å². The Balaban J connectivity index is 2.18. The Morgan fingerprint density at radius 3 is 1.96 bits per heavy atom. The van der Waals surface area contributed by atoms with Gasteiger partial charge in [0.1, 0.15) is 0 Å². The normalized spacial score (nSPS) is 12.5. The van der Waals surface area contributed by atoms with Crippen molar-refractivity contribution >= 4 is 28.9 Å². The van der Waals surface area contributed by atoms with Crippen LogP contribution in [0.3, 0.4) is 0 Å². The summed E-state index contributed by atoms with van der Waals surface area (Å²) in [4.78, 5) is 11.0. The first-order chi connectivity index (χ1) is 11.0. The van der Waals surface area contributed by atoms with Gasteiger partial charge >= 0.3 is 5.97 Å². The lowest BCUT2D eigenvalue weighted by Gasteiger charge is -2.13. The lowest BCUT2D eigenvalue weighted by Crippen LogP contribution is -2.19. The first-order valence-corrected chi connectivity index (χ1v) is 7.07. The third-order valence-electron chi connectivity index (χ3n) is 3.28. The van der Waals surface area contributed by atoms with Crippen molar-refractivity contribution in [2.75, 3.05) is 5.32 Å². The number of carbonyl (C=O) groups is 1. The molecule has 23 heavy (non-hydrogen) atoms. The number of aliphatic carboxylic acids is 1. The van der Waals surface area contributed by atoms with E-state index in [4.69, 9.17) is 27.2 Å². The Morgan fingerprint density at radius 2 is 1.52 bits per heavy atom. The summed E-state index contributed by atoms with van der Waals surface area (Å²) < 4.78 is 0. The number of rotatable bonds is 5. The zero-order chi connectivity index (χ0) is 16.8. The molecule has 2 rings (SSSR count). The van der Waals surface area contributed by atoms with Crippen molar-refractivity contribution in [3.05, 3.63) is 59.1 Å². The molecule has 0 heterocycles. The van der Waals surface area contributed by atoms with Gasteiger partial charge in [0.25, 0.3) is 0 Å². The van der Waals surface area contributed by atoms with Crippen LogP contribution in [0.2, 0.25) is 5.02 Å². The first kappa shape index (κ1) is 16.4. The maximum Gasteiger partial charge on any atom is 0.322 e. The zero-order valence-electron chi connectivity index (χ0n) is 11.9. The molecular formula is C17H12ClN3O2. The van der Waals surface area contributed by atoms with Gasteiger partial charge in [-0.05, 0) is 42.0 Å². The molecule has 0 saturated heterocycles. The summed E-state index contributed by atoms with van der Waals surface area (Å²) in [5, 5.41) is 30.9. The Kier molecular flexibility index (Phi) is 5.19. The molecule has 5 nitrogen and oxygen atoms in total. The minimum Gasteiger partial charge on any atom is -0.480 e. The molecule has 2 aromatic rings. The quantitative estimate of drug-likeness (QED) is 0.868. The molecule has 0 radical (unpaired) electrons. The topological polar surface area (TPSA) is 96.9 Å². The third kappa shape index (κ3) is 4.00. The van der Waals surface area contributed by atoms with E-state index >= 15 is 0 Å². The number of halogens is 1. The van der Waals surface area contributed by atoms with Crippen molar-refractivity contribution in [3.63, 3.8) is 0 Å². The molecule has 0 aliphatic rings. The van der Waals surface area contributed by atoms with E-state index in [1.807, 2.05) is 18.2 Å². The smallest absolute Gasteiger partial charge is 0.322 e. The second kappa shape index (κ2) is 7.31. The largest absolute Gasteiger partial charge is 0.480 e. The summed E-state index contributed by atoms with van der Waals surface area (Å²) in [5.41, 5.74) is 2.11. The van der Waals surface area contributed by atoms with Crippen molar-refractivity contribution in [2.45, 2.75) is 5.92 Å². The van der Waals surface area contributed by atoms with Gasteiger partial charge in [-0.2, -0.15) is 10.5 Å². The van der Waals surface area contributed by atoms with E-state index in [0.29, 0.717) is 10.6 Å². The molecule has 2 N–H and O–H groups in total. The first-order valence-electron chi connectivity index (χ1n) is 6.69. The maximum atomic E-state index is 11.0. The van der Waals surface area contributed by atoms with Crippen molar-refractivity contribution in [2.24, 2.45) is 5.92 Å². The number of anilines is 2. The van der Waals surface area contributed by atoms with Gasteiger partial charge in [-0.3, -0.25) is 4.79 Å². The van der Waals surface area contributed by atoms with E-state index < -0.39 is 17.8 Å². The van der Waals surface area contributed by atoms with Crippen molar-refractivity contribution in [1.29, 1.82) is 10.5 Å². The van der Waals surface area contributed by atoms with Crippen LogP contribution in [0.15, 0.2) is 48.5 Å². The lowest BCUT2D eigenvalue weighted by atomic mass is 9.88. The summed E-state index contributed by atoms with van der Waals surface area (Å²) in [6.45, 7) is 0. The second-order valence-electron chi connectivity index (χ2n) is 4.81. The van der Waals surface area contributed by atoms with E-state index in [0.717, 1.165) is 11.4 Å². The van der Waals surface area contributed by atoms with Gasteiger partial charge < -0.3 is 10.4 Å². The van der Waals surface area contributed by atoms with Crippen LogP contribution in [-0.2, 0) is 4.79 Å². The number of nitriles is 2. The highest BCUT2D eigenvalue weighted by atomic mass is 35.5. The minimum atomic E-state index is -1.39. The summed E-state index contributed by atoms with van der Waals surface area (Å²) >= 11 is 5.82. The summed E-state index contributed by atoms with van der Waals surface area (Å²) in [6.07, 6.45) is 0. The molecule has 2 atom stereocenters. The Hall–Kier alpha value is -3.02. The summed E-state index contributed by atoms with van der Waals surface area (Å²) in [5.74, 6) is -3.71. The molecule has 2 unspecified atom stereocenters. The average Bonchev–Trinajstić information content (AvgIpc) is 2.55. The van der Waals surface area contributed by atoms with Crippen LogP contribution in [0, 0.1) is 28.6 Å². The van der Waals surface area contributed by atoms with Crippen LogP contribution >= 0.6 is 11.6 Å². The van der Waals surface area contributed by atoms with Gasteiger partial charge in [0.2, 0.25) is 0 Å². The van der Waals surface area contributed by atoms with E-state index in [1.165, 1.54) is 0 Å². The summed E-state index contributed by atoms with van der Waals surface area (Å²) in [7, 11) is 0. The molecule has 0 saturated carbocycles. The van der Waals surface area contributed by atoms with Crippen LogP contribution < -0.4 is 5.32 Å². The molecule has 0 aromatic heterocycles. The van der Waals surface area contributed by atoms with Crippen LogP contribution in [-0.4, -0.2) is 11.1 Å². The van der Waals surface area contributed by atoms with E-state index in [2.05, 4.69) is 5.32 Å². The van der Waals surface area contributed by atoms with Gasteiger partial charge in [-0.25, -0.2) is 0 Å². The molecule has 6 heteroatoms. The molecule has 114 valence electrons. The highest BCUT2D eigenvalue weighted by molar-refractivity contribution is 6.30. The fraction of sp³-hybridized carbons (Fsp3) is 0.118. The second-order valence-corrected chi connectivity index (χ2v) is 5.24. The molecule has 0 aliphatic heterocycles. The number of nitrogens with one attached hydrogen (secondary N) is 1. The van der Waals surface area contributed by atoms with E-state index in [1.54, 1.807) is 42.5 Å². The predicted molar refractivity (Wildman–Crippen MR) is 86.3 cm³/mol. The van der Waals surface area contributed by atoms with Crippen molar-refractivity contribution in [1.82, 2.24) is 0 Å². The van der Waals surface area contributed by atoms with Crippen molar-refractivity contribution in [3.8, 4) is 12.1 Å². The van der Waals surface area contributed by atoms with Crippen LogP contribution in [0.1, 0.15) is 11.5 Å². The lowest BCUT2D eigenvalue weighted by molar-refractivity contribution is -0.140. The monoisotopic (exact) mass is 325 g/mol. The fourth-order valence-electron chi connectivity index (χ4n) is 2.09. The number of benzene rings is 2. The maximum absolute atomic E-state index is 11.0. The number of carboxylic acid groups (broad SMARTS) is 1. The molecule has 2 aromatic carbocycles. The zero-order valence-corrected chi connectivity index (χ0v) is 12.7. The number of carboxylic acids is 1. The van der Waals surface area contributed by atoms with Crippen LogP contribution in [0.4, 0.5) is 11.4 Å². The van der Waals surface area contributed by atoms with Gasteiger partial charge in [-0.1, -0.05) is 23.7 Å². The third-order valence-corrected chi connectivity index (χ3v) is 3.53. The van der Waals surface area contributed by atoms with Gasteiger partial charge in [0, 0.05) is 16.4 Å². The minimum absolute atomic E-state index is 0.489. The standard InChI is InChI=1S/C17H12ClN3O2/c18-12-3-7-14(8-4-12)21-13-5-1-11(2-6-13)15(9-19)16(10-20)17(22)23/h1-8,15-16,21H,(H,22,23). The van der Waals surface area contributed by atoms with Crippen molar-refractivity contribution < 1.29 is 9.90 Å². The molecule has 0 bridgehead atoms. The number of hydrogen-bond donors (Lipinski definition) is 2. The average molecular weight is 326 g/mol. The highest BCUT2D eigenvalue weighted by Gasteiger charge is 2.29. The Labute approximate surface area is 138 Å².